The monoisotopic (exact) mass is 114 g/mol. The van der Waals surface area contributed by atoms with Gasteiger partial charge in [0, 0.05) is 0 Å². The second-order valence-corrected chi connectivity index (χ2v) is 2.88. The van der Waals surface area contributed by atoms with Crippen LogP contribution >= 0.6 is 0 Å². The van der Waals surface area contributed by atoms with E-state index in [2.05, 4.69) is 18.9 Å². The van der Waals surface area contributed by atoms with Gasteiger partial charge in [-0.25, -0.2) is 0 Å². The van der Waals surface area contributed by atoms with Crippen molar-refractivity contribution in [3.63, 3.8) is 0 Å². The predicted octanol–water partition coefficient (Wildman–Crippen LogP) is 0.387. The summed E-state index contributed by atoms with van der Waals surface area (Å²) < 4.78 is 0. The maximum atomic E-state index is 5.85. The Labute approximate surface area is 50.7 Å². The first kappa shape index (κ1) is 6.05. The summed E-state index contributed by atoms with van der Waals surface area (Å²) in [7, 11) is 2.08. The Morgan fingerprint density at radius 2 is 2.25 bits per heavy atom. The Morgan fingerprint density at radius 3 is 2.38 bits per heavy atom. The van der Waals surface area contributed by atoms with Gasteiger partial charge in [-0.2, -0.15) is 0 Å². The Balaban J connectivity index is 2.54. The first-order valence-corrected chi connectivity index (χ1v) is 3.13. The summed E-state index contributed by atoms with van der Waals surface area (Å²) in [6, 6.07) is 0. The van der Waals surface area contributed by atoms with Crippen molar-refractivity contribution >= 4 is 0 Å². The number of nitrogens with zero attached hydrogens (tertiary/aromatic N) is 1. The van der Waals surface area contributed by atoms with Crippen molar-refractivity contribution in [2.45, 2.75) is 25.4 Å². The number of nitrogens with two attached hydrogens (primary N) is 1. The zero-order chi connectivity index (χ0) is 6.20. The van der Waals surface area contributed by atoms with E-state index in [4.69, 9.17) is 5.73 Å². The molecule has 0 radical (unpaired) electrons. The van der Waals surface area contributed by atoms with E-state index in [1.54, 1.807) is 0 Å². The highest BCUT2D eigenvalue weighted by Gasteiger charge is 2.28. The van der Waals surface area contributed by atoms with E-state index in [0.29, 0.717) is 0 Å². The highest BCUT2D eigenvalue weighted by atomic mass is 15.3. The van der Waals surface area contributed by atoms with Gasteiger partial charge in [-0.3, -0.25) is 4.90 Å². The highest BCUT2D eigenvalue weighted by Crippen LogP contribution is 2.20. The molecule has 48 valence electrons. The van der Waals surface area contributed by atoms with Gasteiger partial charge in [0.05, 0.1) is 5.66 Å². The standard InChI is InChI=1S/C6H14N2/c1-6(7)4-3-5-8(6)2/h3-5,7H2,1-2H3. The molecular weight excluding hydrogens is 100 g/mol. The summed E-state index contributed by atoms with van der Waals surface area (Å²) in [5.74, 6) is 0. The van der Waals surface area contributed by atoms with Crippen LogP contribution in [0.5, 0.6) is 0 Å². The zero-order valence-electron chi connectivity index (χ0n) is 5.65. The molecule has 1 atom stereocenters. The summed E-state index contributed by atoms with van der Waals surface area (Å²) in [6.07, 6.45) is 2.40. The Hall–Kier alpha value is -0.0800. The molecule has 1 fully saturated rings. The highest BCUT2D eigenvalue weighted by molar-refractivity contribution is 4.83. The predicted molar refractivity (Wildman–Crippen MR) is 34.5 cm³/mol. The molecule has 1 heterocycles. The third-order valence-electron chi connectivity index (χ3n) is 2.05. The molecule has 0 aromatic heterocycles. The fourth-order valence-electron chi connectivity index (χ4n) is 1.12. The van der Waals surface area contributed by atoms with Crippen LogP contribution in [-0.4, -0.2) is 24.2 Å². The topological polar surface area (TPSA) is 29.3 Å². The van der Waals surface area contributed by atoms with Gasteiger partial charge in [0.25, 0.3) is 0 Å². The summed E-state index contributed by atoms with van der Waals surface area (Å²) in [5.41, 5.74) is 5.83. The molecule has 0 saturated carbocycles. The van der Waals surface area contributed by atoms with E-state index >= 15 is 0 Å². The summed E-state index contributed by atoms with van der Waals surface area (Å²) >= 11 is 0. The van der Waals surface area contributed by atoms with E-state index in [1.165, 1.54) is 6.42 Å². The van der Waals surface area contributed by atoms with Crippen LogP contribution in [-0.2, 0) is 0 Å². The normalized spacial score (nSPS) is 40.9. The first-order chi connectivity index (χ1) is 3.63. The van der Waals surface area contributed by atoms with Crippen LogP contribution in [0.25, 0.3) is 0 Å². The van der Waals surface area contributed by atoms with Crippen molar-refractivity contribution < 1.29 is 0 Å². The molecule has 1 aliphatic heterocycles. The van der Waals surface area contributed by atoms with Crippen LogP contribution in [0.2, 0.25) is 0 Å². The van der Waals surface area contributed by atoms with Gasteiger partial charge in [-0.05, 0) is 33.4 Å². The maximum Gasteiger partial charge on any atom is 0.0656 e. The fraction of sp³-hybridized carbons (Fsp3) is 1.00. The van der Waals surface area contributed by atoms with E-state index in [-0.39, 0.29) is 5.66 Å². The molecule has 0 aromatic rings. The van der Waals surface area contributed by atoms with Crippen molar-refractivity contribution in [1.82, 2.24) is 4.90 Å². The molecule has 1 aliphatic rings. The van der Waals surface area contributed by atoms with Crippen LogP contribution in [0.4, 0.5) is 0 Å². The first-order valence-electron chi connectivity index (χ1n) is 3.13. The van der Waals surface area contributed by atoms with E-state index in [0.717, 1.165) is 13.0 Å². The summed E-state index contributed by atoms with van der Waals surface area (Å²) in [4.78, 5) is 2.20. The molecule has 1 unspecified atom stereocenters. The summed E-state index contributed by atoms with van der Waals surface area (Å²) in [5, 5.41) is 0. The molecule has 0 aromatic carbocycles. The largest absolute Gasteiger partial charge is 0.313 e. The minimum absolute atomic E-state index is 0.0139. The van der Waals surface area contributed by atoms with Crippen LogP contribution in [0, 0.1) is 0 Å². The number of hydrogen-bond donors (Lipinski definition) is 1. The van der Waals surface area contributed by atoms with E-state index < -0.39 is 0 Å². The molecule has 2 nitrogen and oxygen atoms in total. The molecule has 0 spiro atoms. The van der Waals surface area contributed by atoms with Crippen molar-refractivity contribution in [3.05, 3.63) is 0 Å². The Morgan fingerprint density at radius 1 is 1.62 bits per heavy atom. The maximum absolute atomic E-state index is 5.85. The van der Waals surface area contributed by atoms with Crippen LogP contribution in [0.3, 0.4) is 0 Å². The van der Waals surface area contributed by atoms with Crippen LogP contribution in [0.1, 0.15) is 19.8 Å². The quantitative estimate of drug-likeness (QED) is 0.493. The van der Waals surface area contributed by atoms with Gasteiger partial charge in [-0.15, -0.1) is 0 Å². The van der Waals surface area contributed by atoms with Gasteiger partial charge >= 0.3 is 0 Å². The summed E-state index contributed by atoms with van der Waals surface area (Å²) in [6.45, 7) is 3.24. The van der Waals surface area contributed by atoms with Crippen LogP contribution in [0.15, 0.2) is 0 Å². The van der Waals surface area contributed by atoms with Crippen molar-refractivity contribution in [2.24, 2.45) is 5.73 Å². The van der Waals surface area contributed by atoms with Gasteiger partial charge in [-0.1, -0.05) is 0 Å². The molecule has 1 rings (SSSR count). The lowest BCUT2D eigenvalue weighted by Crippen LogP contribution is -2.46. The van der Waals surface area contributed by atoms with Crippen molar-refractivity contribution in [1.29, 1.82) is 0 Å². The van der Waals surface area contributed by atoms with Crippen LogP contribution < -0.4 is 5.73 Å². The molecule has 2 heteroatoms. The number of likely N-dealkylation sites (tertiary alicyclic amines) is 1. The average Bonchev–Trinajstić information content (AvgIpc) is 1.86. The molecule has 1 saturated heterocycles. The van der Waals surface area contributed by atoms with Gasteiger partial charge in [0.15, 0.2) is 0 Å². The lowest BCUT2D eigenvalue weighted by Gasteiger charge is -2.26. The third-order valence-corrected chi connectivity index (χ3v) is 2.05. The van der Waals surface area contributed by atoms with Gasteiger partial charge < -0.3 is 5.73 Å². The molecule has 0 bridgehead atoms. The molecule has 2 N–H and O–H groups in total. The molecule has 8 heavy (non-hydrogen) atoms. The lowest BCUT2D eigenvalue weighted by atomic mass is 10.1. The second-order valence-electron chi connectivity index (χ2n) is 2.88. The third kappa shape index (κ3) is 0.858. The van der Waals surface area contributed by atoms with Gasteiger partial charge in [0.1, 0.15) is 0 Å². The molecule has 0 aliphatic carbocycles. The Kier molecular flexibility index (Phi) is 1.29. The van der Waals surface area contributed by atoms with Crippen molar-refractivity contribution in [3.8, 4) is 0 Å². The smallest absolute Gasteiger partial charge is 0.0656 e. The lowest BCUT2D eigenvalue weighted by molar-refractivity contribution is 0.204. The van der Waals surface area contributed by atoms with E-state index in [9.17, 15) is 0 Å². The SMILES string of the molecule is CN1CCCC1(C)N. The number of rotatable bonds is 0. The van der Waals surface area contributed by atoms with Gasteiger partial charge in [0.2, 0.25) is 0 Å². The second kappa shape index (κ2) is 1.71. The van der Waals surface area contributed by atoms with E-state index in [1.807, 2.05) is 0 Å². The minimum atomic E-state index is -0.0139. The van der Waals surface area contributed by atoms with Crippen molar-refractivity contribution in [2.75, 3.05) is 13.6 Å². The molecular formula is C6H14N2. The fourth-order valence-corrected chi connectivity index (χ4v) is 1.12. The average molecular weight is 114 g/mol. The molecule has 0 amide bonds. The zero-order valence-corrected chi connectivity index (χ0v) is 5.65. The minimum Gasteiger partial charge on any atom is -0.313 e. The number of hydrogen-bond acceptors (Lipinski definition) is 2. The Bertz CT molecular complexity index is 88.5.